The molecule has 0 amide bonds. The lowest BCUT2D eigenvalue weighted by Crippen LogP contribution is -2.10. The number of nitrogens with zero attached hydrogens (tertiary/aromatic N) is 1. The molecule has 1 aliphatic carbocycles. The van der Waals surface area contributed by atoms with E-state index in [0.717, 1.165) is 5.70 Å². The van der Waals surface area contributed by atoms with Crippen molar-refractivity contribution in [3.63, 3.8) is 0 Å². The minimum absolute atomic E-state index is 0.0378. The maximum atomic E-state index is 11.8. The second kappa shape index (κ2) is 5.36. The third-order valence-electron chi connectivity index (χ3n) is 2.75. The van der Waals surface area contributed by atoms with Crippen LogP contribution in [0.15, 0.2) is 71.8 Å². The molecule has 0 saturated heterocycles. The number of carbonyl (C=O) groups is 1. The molecule has 0 N–H and O–H groups in total. The zero-order valence-corrected chi connectivity index (χ0v) is 10.5. The van der Waals surface area contributed by atoms with Crippen LogP contribution in [-0.2, 0) is 9.53 Å². The lowest BCUT2D eigenvalue weighted by Gasteiger charge is -2.17. The lowest BCUT2D eigenvalue weighted by atomic mass is 10.0. The van der Waals surface area contributed by atoms with Gasteiger partial charge in [-0.05, 0) is 36.5 Å². The molecule has 0 atom stereocenters. The number of carbonyl (C=O) groups excluding carboxylic acids is 1. The highest BCUT2D eigenvalue weighted by atomic mass is 16.5. The van der Waals surface area contributed by atoms with Gasteiger partial charge in [-0.1, -0.05) is 6.08 Å². The molecule has 2 rings (SSSR count). The fraction of sp³-hybridized carbons (Fsp3) is 0.133. The Morgan fingerprint density at radius 3 is 2.67 bits per heavy atom. The van der Waals surface area contributed by atoms with E-state index in [1.807, 2.05) is 48.5 Å². The zero-order valence-electron chi connectivity index (χ0n) is 10.5. The maximum absolute atomic E-state index is 11.8. The third-order valence-corrected chi connectivity index (χ3v) is 2.75. The molecule has 0 fully saturated rings. The summed E-state index contributed by atoms with van der Waals surface area (Å²) in [6.07, 6.45) is 16.7. The molecule has 92 valence electrons. The van der Waals surface area contributed by atoms with E-state index in [0.29, 0.717) is 11.3 Å². The summed E-state index contributed by atoms with van der Waals surface area (Å²) in [6, 6.07) is 0. The highest BCUT2D eigenvalue weighted by Gasteiger charge is 2.10. The minimum Gasteiger partial charge on any atom is -0.497 e. The van der Waals surface area contributed by atoms with Gasteiger partial charge >= 0.3 is 0 Å². The second-order valence-corrected chi connectivity index (χ2v) is 3.97. The average molecular weight is 241 g/mol. The van der Waals surface area contributed by atoms with Crippen molar-refractivity contribution < 1.29 is 9.53 Å². The number of ether oxygens (including phenoxy) is 1. The van der Waals surface area contributed by atoms with Gasteiger partial charge in [-0.3, -0.25) is 4.79 Å². The fourth-order valence-electron chi connectivity index (χ4n) is 1.66. The van der Waals surface area contributed by atoms with Crippen LogP contribution in [0.5, 0.6) is 0 Å². The summed E-state index contributed by atoms with van der Waals surface area (Å²) in [5, 5.41) is 0. The number of allylic oxidation sites excluding steroid dienone is 9. The number of methoxy groups -OCH3 is 1. The molecule has 1 aliphatic heterocycles. The van der Waals surface area contributed by atoms with Crippen LogP contribution in [0.3, 0.4) is 0 Å². The van der Waals surface area contributed by atoms with Gasteiger partial charge < -0.3 is 9.64 Å². The third kappa shape index (κ3) is 2.69. The highest BCUT2D eigenvalue weighted by Crippen LogP contribution is 2.15. The molecule has 0 saturated carbocycles. The minimum atomic E-state index is -0.0378. The Bertz CT molecular complexity index is 531. The Morgan fingerprint density at radius 2 is 2.00 bits per heavy atom. The van der Waals surface area contributed by atoms with Gasteiger partial charge in [-0.15, -0.1) is 0 Å². The number of ketones is 1. The van der Waals surface area contributed by atoms with Crippen LogP contribution in [0, 0.1) is 0 Å². The topological polar surface area (TPSA) is 29.5 Å². The fourth-order valence-corrected chi connectivity index (χ4v) is 1.66. The van der Waals surface area contributed by atoms with E-state index >= 15 is 0 Å². The van der Waals surface area contributed by atoms with Crippen molar-refractivity contribution in [2.75, 3.05) is 14.2 Å². The normalized spacial score (nSPS) is 22.9. The van der Waals surface area contributed by atoms with Crippen LogP contribution in [0.2, 0.25) is 0 Å². The van der Waals surface area contributed by atoms with Crippen molar-refractivity contribution in [2.45, 2.75) is 0 Å². The lowest BCUT2D eigenvalue weighted by molar-refractivity contribution is -0.111. The largest absolute Gasteiger partial charge is 0.497 e. The summed E-state index contributed by atoms with van der Waals surface area (Å²) in [6.45, 7) is 0. The van der Waals surface area contributed by atoms with Crippen molar-refractivity contribution in [2.24, 2.45) is 0 Å². The number of rotatable bonds is 2. The Hall–Kier alpha value is -2.29. The molecule has 0 aromatic heterocycles. The van der Waals surface area contributed by atoms with Crippen molar-refractivity contribution in [1.29, 1.82) is 0 Å². The van der Waals surface area contributed by atoms with Crippen LogP contribution in [0.1, 0.15) is 0 Å². The van der Waals surface area contributed by atoms with E-state index in [2.05, 4.69) is 0 Å². The first-order valence-corrected chi connectivity index (χ1v) is 5.68. The predicted molar refractivity (Wildman–Crippen MR) is 71.4 cm³/mol. The molecule has 0 spiro atoms. The van der Waals surface area contributed by atoms with Crippen LogP contribution in [0.25, 0.3) is 0 Å². The van der Waals surface area contributed by atoms with Gasteiger partial charge in [0.1, 0.15) is 5.76 Å². The second-order valence-electron chi connectivity index (χ2n) is 3.97. The average Bonchev–Trinajstić information content (AvgIpc) is 2.39. The number of likely N-dealkylation sites (N-methyl/N-ethyl adjacent to an activating group) is 1. The van der Waals surface area contributed by atoms with Crippen molar-refractivity contribution in [3.8, 4) is 0 Å². The smallest absolute Gasteiger partial charge is 0.189 e. The Morgan fingerprint density at radius 1 is 1.17 bits per heavy atom. The summed E-state index contributed by atoms with van der Waals surface area (Å²) in [5.41, 5.74) is 1.69. The highest BCUT2D eigenvalue weighted by molar-refractivity contribution is 6.08. The van der Waals surface area contributed by atoms with Gasteiger partial charge in [-0.25, -0.2) is 0 Å². The van der Waals surface area contributed by atoms with Gasteiger partial charge in [0.05, 0.1) is 7.11 Å². The van der Waals surface area contributed by atoms with Crippen molar-refractivity contribution in [3.05, 3.63) is 71.8 Å². The van der Waals surface area contributed by atoms with E-state index in [1.165, 1.54) is 6.08 Å². The van der Waals surface area contributed by atoms with Crippen LogP contribution < -0.4 is 0 Å². The Kier molecular flexibility index (Phi) is 3.63. The van der Waals surface area contributed by atoms with E-state index in [1.54, 1.807) is 19.3 Å². The first kappa shape index (κ1) is 12.2. The summed E-state index contributed by atoms with van der Waals surface area (Å²) in [5.74, 6) is 0.548. The van der Waals surface area contributed by atoms with Gasteiger partial charge in [0.2, 0.25) is 0 Å². The number of hydrogen-bond donors (Lipinski definition) is 0. The predicted octanol–water partition coefficient (Wildman–Crippen LogP) is 2.48. The van der Waals surface area contributed by atoms with Crippen LogP contribution >= 0.6 is 0 Å². The molecule has 1 heterocycles. The monoisotopic (exact) mass is 241 g/mol. The molecule has 0 radical (unpaired) electrons. The molecular weight excluding hydrogens is 226 g/mol. The van der Waals surface area contributed by atoms with Crippen molar-refractivity contribution >= 4 is 5.78 Å². The quantitative estimate of drug-likeness (QED) is 0.696. The molecule has 3 nitrogen and oxygen atoms in total. The molecule has 18 heavy (non-hydrogen) atoms. The van der Waals surface area contributed by atoms with Crippen LogP contribution in [0.4, 0.5) is 0 Å². The van der Waals surface area contributed by atoms with Gasteiger partial charge in [0.15, 0.2) is 5.78 Å². The summed E-state index contributed by atoms with van der Waals surface area (Å²) in [7, 11) is 3.51. The van der Waals surface area contributed by atoms with Crippen LogP contribution in [-0.4, -0.2) is 24.8 Å². The molecule has 0 aromatic rings. The van der Waals surface area contributed by atoms with Gasteiger partial charge in [0.25, 0.3) is 0 Å². The first-order valence-electron chi connectivity index (χ1n) is 5.68. The van der Waals surface area contributed by atoms with E-state index in [9.17, 15) is 4.79 Å². The first-order chi connectivity index (χ1) is 8.70. The molecule has 0 unspecified atom stereocenters. The molecule has 0 bridgehead atoms. The zero-order chi connectivity index (χ0) is 13.0. The van der Waals surface area contributed by atoms with E-state index in [4.69, 9.17) is 4.74 Å². The SMILES string of the molecule is COC1=CC(=O)/C(=C/C=C2\C=CC=CN2C)C=C1. The Labute approximate surface area is 107 Å². The standard InChI is InChI=1S/C15H15NO2/c1-16-10-4-3-5-13(16)8-6-12-7-9-14(18-2)11-15(12)17/h3-11H,1-2H3/b12-6+,13-8+. The Balaban J connectivity index is 2.17. The summed E-state index contributed by atoms with van der Waals surface area (Å²) in [4.78, 5) is 13.8. The summed E-state index contributed by atoms with van der Waals surface area (Å²) < 4.78 is 5.00. The maximum Gasteiger partial charge on any atom is 0.189 e. The summed E-state index contributed by atoms with van der Waals surface area (Å²) >= 11 is 0. The van der Waals surface area contributed by atoms with Crippen molar-refractivity contribution in [1.82, 2.24) is 4.90 Å². The molecular formula is C15H15NO2. The molecule has 0 aromatic carbocycles. The number of hydrogen-bond acceptors (Lipinski definition) is 3. The van der Waals surface area contributed by atoms with E-state index < -0.39 is 0 Å². The molecule has 2 aliphatic rings. The van der Waals surface area contributed by atoms with Gasteiger partial charge in [0, 0.05) is 30.6 Å². The molecule has 3 heteroatoms. The van der Waals surface area contributed by atoms with E-state index in [-0.39, 0.29) is 5.78 Å². The van der Waals surface area contributed by atoms with Gasteiger partial charge in [-0.2, -0.15) is 0 Å².